The van der Waals surface area contributed by atoms with Gasteiger partial charge in [0.15, 0.2) is 0 Å². The van der Waals surface area contributed by atoms with E-state index in [0.717, 1.165) is 27.5 Å². The predicted octanol–water partition coefficient (Wildman–Crippen LogP) is 10.9. The predicted molar refractivity (Wildman–Crippen MR) is 165 cm³/mol. The van der Waals surface area contributed by atoms with Crippen molar-refractivity contribution < 1.29 is 4.42 Å². The van der Waals surface area contributed by atoms with Gasteiger partial charge in [-0.15, -0.1) is 0 Å². The van der Waals surface area contributed by atoms with Crippen LogP contribution >= 0.6 is 0 Å². The number of para-hydroxylation sites is 1. The summed E-state index contributed by atoms with van der Waals surface area (Å²) in [5.74, 6) is 0. The Kier molecular flexibility index (Phi) is 4.89. The van der Waals surface area contributed by atoms with Crippen molar-refractivity contribution in [2.75, 3.05) is 0 Å². The van der Waals surface area contributed by atoms with E-state index in [4.69, 9.17) is 4.42 Å². The molecule has 0 bridgehead atoms. The highest BCUT2D eigenvalue weighted by Crippen LogP contribution is 2.45. The average Bonchev–Trinajstić information content (AvgIpc) is 3.38. The first-order valence-corrected chi connectivity index (χ1v) is 13.4. The fourth-order valence-corrected chi connectivity index (χ4v) is 6.10. The molecular weight excluding hydrogens is 472 g/mol. The summed E-state index contributed by atoms with van der Waals surface area (Å²) in [6.45, 7) is 0. The van der Waals surface area contributed by atoms with Gasteiger partial charge in [0.1, 0.15) is 11.2 Å². The van der Waals surface area contributed by atoms with Crippen molar-refractivity contribution in [1.29, 1.82) is 0 Å². The van der Waals surface area contributed by atoms with E-state index in [1.165, 1.54) is 49.4 Å². The maximum atomic E-state index is 6.23. The molecule has 39 heavy (non-hydrogen) atoms. The fraction of sp³-hybridized carbons (Fsp3) is 0. The molecule has 0 saturated heterocycles. The third-order valence-electron chi connectivity index (χ3n) is 7.86. The molecule has 182 valence electrons. The van der Waals surface area contributed by atoms with Crippen molar-refractivity contribution in [3.63, 3.8) is 0 Å². The summed E-state index contributed by atoms with van der Waals surface area (Å²) < 4.78 is 6.23. The molecule has 0 spiro atoms. The van der Waals surface area contributed by atoms with Gasteiger partial charge in [-0.25, -0.2) is 0 Å². The topological polar surface area (TPSA) is 13.1 Å². The fourth-order valence-electron chi connectivity index (χ4n) is 6.10. The molecule has 0 atom stereocenters. The Morgan fingerprint density at radius 2 is 0.744 bits per heavy atom. The largest absolute Gasteiger partial charge is 0.456 e. The van der Waals surface area contributed by atoms with Gasteiger partial charge in [0.2, 0.25) is 0 Å². The smallest absolute Gasteiger partial charge is 0.136 e. The first kappa shape index (κ1) is 21.9. The lowest BCUT2D eigenvalue weighted by Crippen LogP contribution is -1.91. The molecule has 8 aromatic rings. The second-order valence-electron chi connectivity index (χ2n) is 10.1. The van der Waals surface area contributed by atoms with E-state index < -0.39 is 0 Å². The molecule has 0 N–H and O–H groups in total. The molecule has 0 unspecified atom stereocenters. The maximum absolute atomic E-state index is 6.23. The van der Waals surface area contributed by atoms with Crippen LogP contribution in [-0.4, -0.2) is 0 Å². The Bertz CT molecular complexity index is 2150. The molecule has 0 amide bonds. The maximum Gasteiger partial charge on any atom is 0.136 e. The highest BCUT2D eigenvalue weighted by molar-refractivity contribution is 6.22. The van der Waals surface area contributed by atoms with Gasteiger partial charge in [-0.1, -0.05) is 121 Å². The van der Waals surface area contributed by atoms with Crippen LogP contribution in [0.3, 0.4) is 0 Å². The summed E-state index contributed by atoms with van der Waals surface area (Å²) in [4.78, 5) is 0. The minimum Gasteiger partial charge on any atom is -0.456 e. The average molecular weight is 497 g/mol. The first-order valence-electron chi connectivity index (χ1n) is 13.4. The minimum absolute atomic E-state index is 0.917. The normalized spacial score (nSPS) is 11.6. The van der Waals surface area contributed by atoms with E-state index in [2.05, 4.69) is 133 Å². The zero-order chi connectivity index (χ0) is 25.8. The molecule has 1 nitrogen and oxygen atoms in total. The SMILES string of the molecule is c1ccc(-c2c3ccccc3c(-c3ccccc3)c3cc(-c4ccc5c(c4)oc4ccccc45)ccc23)cc1. The van der Waals surface area contributed by atoms with Crippen LogP contribution in [0.4, 0.5) is 0 Å². The van der Waals surface area contributed by atoms with Crippen LogP contribution in [0.5, 0.6) is 0 Å². The van der Waals surface area contributed by atoms with Crippen molar-refractivity contribution >= 4 is 43.5 Å². The van der Waals surface area contributed by atoms with Gasteiger partial charge in [-0.3, -0.25) is 0 Å². The monoisotopic (exact) mass is 496 g/mol. The van der Waals surface area contributed by atoms with E-state index in [1.54, 1.807) is 0 Å². The Morgan fingerprint density at radius 3 is 1.41 bits per heavy atom. The molecule has 1 heteroatoms. The Labute approximate surface area is 226 Å². The standard InChI is InChI=1S/C38H24O/c1-3-11-25(12-4-1)37-31-16-7-8-17-32(31)38(26-13-5-2-6-14-26)34-23-27(20-22-33(34)37)28-19-21-30-29-15-9-10-18-35(29)39-36(30)24-28/h1-24H. The van der Waals surface area contributed by atoms with Crippen molar-refractivity contribution in [2.24, 2.45) is 0 Å². The van der Waals surface area contributed by atoms with Gasteiger partial charge < -0.3 is 4.42 Å². The molecule has 0 fully saturated rings. The van der Waals surface area contributed by atoms with E-state index in [-0.39, 0.29) is 0 Å². The van der Waals surface area contributed by atoms with Crippen LogP contribution in [0.15, 0.2) is 150 Å². The summed E-state index contributed by atoms with van der Waals surface area (Å²) in [5, 5.41) is 7.35. The molecular formula is C38H24O. The zero-order valence-electron chi connectivity index (χ0n) is 21.3. The molecule has 0 saturated carbocycles. The lowest BCUT2D eigenvalue weighted by molar-refractivity contribution is 0.669. The summed E-state index contributed by atoms with van der Waals surface area (Å²) >= 11 is 0. The van der Waals surface area contributed by atoms with Crippen LogP contribution in [0.25, 0.3) is 76.9 Å². The summed E-state index contributed by atoms with van der Waals surface area (Å²) in [5.41, 5.74) is 9.17. The van der Waals surface area contributed by atoms with E-state index in [9.17, 15) is 0 Å². The van der Waals surface area contributed by atoms with Gasteiger partial charge >= 0.3 is 0 Å². The molecule has 7 aromatic carbocycles. The van der Waals surface area contributed by atoms with Gasteiger partial charge in [0, 0.05) is 10.8 Å². The van der Waals surface area contributed by atoms with Gasteiger partial charge in [0.25, 0.3) is 0 Å². The third kappa shape index (κ3) is 3.48. The van der Waals surface area contributed by atoms with Crippen molar-refractivity contribution in [1.82, 2.24) is 0 Å². The summed E-state index contributed by atoms with van der Waals surface area (Å²) in [6, 6.07) is 52.1. The van der Waals surface area contributed by atoms with E-state index >= 15 is 0 Å². The number of fused-ring (bicyclic) bond motifs is 5. The third-order valence-corrected chi connectivity index (χ3v) is 7.86. The van der Waals surface area contributed by atoms with E-state index in [0.29, 0.717) is 0 Å². The van der Waals surface area contributed by atoms with Crippen LogP contribution in [0, 0.1) is 0 Å². The number of rotatable bonds is 3. The summed E-state index contributed by atoms with van der Waals surface area (Å²) in [7, 11) is 0. The molecule has 8 rings (SSSR count). The van der Waals surface area contributed by atoms with E-state index in [1.807, 2.05) is 12.1 Å². The molecule has 0 radical (unpaired) electrons. The minimum atomic E-state index is 0.917. The lowest BCUT2D eigenvalue weighted by Gasteiger charge is -2.18. The van der Waals surface area contributed by atoms with Gasteiger partial charge in [-0.05, 0) is 79.2 Å². The molecule has 0 aliphatic rings. The number of hydrogen-bond donors (Lipinski definition) is 0. The van der Waals surface area contributed by atoms with Gasteiger partial charge in [0.05, 0.1) is 0 Å². The Morgan fingerprint density at radius 1 is 0.282 bits per heavy atom. The first-order chi connectivity index (χ1) is 19.3. The second kappa shape index (κ2) is 8.72. The van der Waals surface area contributed by atoms with Crippen molar-refractivity contribution in [3.05, 3.63) is 146 Å². The van der Waals surface area contributed by atoms with Crippen LogP contribution < -0.4 is 0 Å². The van der Waals surface area contributed by atoms with Crippen molar-refractivity contribution in [3.8, 4) is 33.4 Å². The number of furan rings is 1. The van der Waals surface area contributed by atoms with Crippen LogP contribution in [0.1, 0.15) is 0 Å². The second-order valence-corrected chi connectivity index (χ2v) is 10.1. The zero-order valence-corrected chi connectivity index (χ0v) is 21.3. The Balaban J connectivity index is 1.45. The summed E-state index contributed by atoms with van der Waals surface area (Å²) in [6.07, 6.45) is 0. The lowest BCUT2D eigenvalue weighted by atomic mass is 9.85. The number of hydrogen-bond acceptors (Lipinski definition) is 1. The molecule has 1 aromatic heterocycles. The van der Waals surface area contributed by atoms with Gasteiger partial charge in [-0.2, -0.15) is 0 Å². The molecule has 1 heterocycles. The number of benzene rings is 7. The highest BCUT2D eigenvalue weighted by Gasteiger charge is 2.17. The highest BCUT2D eigenvalue weighted by atomic mass is 16.3. The van der Waals surface area contributed by atoms with Crippen LogP contribution in [0.2, 0.25) is 0 Å². The van der Waals surface area contributed by atoms with Crippen LogP contribution in [-0.2, 0) is 0 Å². The molecule has 0 aliphatic carbocycles. The van der Waals surface area contributed by atoms with Crippen molar-refractivity contribution in [2.45, 2.75) is 0 Å². The quantitative estimate of drug-likeness (QED) is 0.222. The Hall–Kier alpha value is -5.14. The molecule has 0 aliphatic heterocycles.